The van der Waals surface area contributed by atoms with E-state index < -0.39 is 0 Å². The van der Waals surface area contributed by atoms with Crippen molar-refractivity contribution in [3.05, 3.63) is 53.4 Å². The molecule has 2 aromatic rings. The predicted octanol–water partition coefficient (Wildman–Crippen LogP) is 4.62. The molecule has 2 aromatic carbocycles. The molecule has 0 spiro atoms. The molecule has 2 rings (SSSR count). The average molecular weight is 256 g/mol. The molecule has 19 heavy (non-hydrogen) atoms. The van der Waals surface area contributed by atoms with E-state index in [2.05, 4.69) is 10.5 Å². The Labute approximate surface area is 112 Å². The highest BCUT2D eigenvalue weighted by Crippen LogP contribution is 2.31. The van der Waals surface area contributed by atoms with E-state index in [4.69, 9.17) is 4.74 Å². The second-order valence-corrected chi connectivity index (χ2v) is 4.11. The zero-order valence-electron chi connectivity index (χ0n) is 10.8. The zero-order valence-corrected chi connectivity index (χ0v) is 10.8. The average Bonchev–Trinajstić information content (AvgIpc) is 2.47. The highest BCUT2D eigenvalue weighted by atomic mass is 16.5. The molecule has 0 radical (unpaired) electrons. The van der Waals surface area contributed by atoms with Gasteiger partial charge in [-0.15, -0.1) is 4.91 Å². The summed E-state index contributed by atoms with van der Waals surface area (Å²) in [5.41, 5.74) is 2.16. The van der Waals surface area contributed by atoms with E-state index in [0.29, 0.717) is 18.0 Å². The maximum atomic E-state index is 10.6. The van der Waals surface area contributed by atoms with Gasteiger partial charge in [0.25, 0.3) is 0 Å². The second-order valence-electron chi connectivity index (χ2n) is 4.11. The lowest BCUT2D eigenvalue weighted by Crippen LogP contribution is -1.99. The van der Waals surface area contributed by atoms with E-state index in [0.717, 1.165) is 17.8 Å². The van der Waals surface area contributed by atoms with Crippen molar-refractivity contribution in [1.82, 2.24) is 0 Å². The number of para-hydroxylation sites is 1. The standard InChI is InChI=1S/C15H16N2O2/c1-2-10-19-15-11-13(17-18)8-9-14(15)16-12-6-4-3-5-7-12/h3-9,11,16H,2,10H2,1H3. The molecule has 0 saturated heterocycles. The summed E-state index contributed by atoms with van der Waals surface area (Å²) >= 11 is 0. The van der Waals surface area contributed by atoms with E-state index in [9.17, 15) is 4.91 Å². The van der Waals surface area contributed by atoms with Gasteiger partial charge in [-0.1, -0.05) is 25.1 Å². The van der Waals surface area contributed by atoms with Crippen molar-refractivity contribution in [2.75, 3.05) is 11.9 Å². The van der Waals surface area contributed by atoms with Crippen LogP contribution in [-0.2, 0) is 0 Å². The number of benzene rings is 2. The van der Waals surface area contributed by atoms with Crippen LogP contribution in [0.15, 0.2) is 53.7 Å². The molecule has 0 aliphatic heterocycles. The summed E-state index contributed by atoms with van der Waals surface area (Å²) in [6.45, 7) is 2.64. The number of nitroso groups, excluding NO2 is 1. The van der Waals surface area contributed by atoms with E-state index in [1.54, 1.807) is 18.2 Å². The number of hydrogen-bond donors (Lipinski definition) is 1. The van der Waals surface area contributed by atoms with Crippen molar-refractivity contribution in [1.29, 1.82) is 0 Å². The van der Waals surface area contributed by atoms with E-state index in [-0.39, 0.29) is 0 Å². The van der Waals surface area contributed by atoms with Crippen LogP contribution in [0.2, 0.25) is 0 Å². The fourth-order valence-corrected chi connectivity index (χ4v) is 1.68. The third kappa shape index (κ3) is 3.55. The zero-order chi connectivity index (χ0) is 13.5. The molecule has 0 heterocycles. The largest absolute Gasteiger partial charge is 0.491 e. The first-order valence-corrected chi connectivity index (χ1v) is 6.25. The highest BCUT2D eigenvalue weighted by molar-refractivity contribution is 5.69. The molecule has 0 aliphatic carbocycles. The summed E-state index contributed by atoms with van der Waals surface area (Å²) in [5, 5.41) is 6.19. The van der Waals surface area contributed by atoms with Gasteiger partial charge in [-0.05, 0) is 35.9 Å². The monoisotopic (exact) mass is 256 g/mol. The minimum Gasteiger partial charge on any atom is -0.491 e. The Morgan fingerprint density at radius 1 is 1.16 bits per heavy atom. The highest BCUT2D eigenvalue weighted by Gasteiger charge is 2.06. The Kier molecular flexibility index (Phi) is 4.50. The van der Waals surface area contributed by atoms with Crippen molar-refractivity contribution in [3.8, 4) is 5.75 Å². The normalized spacial score (nSPS) is 9.95. The van der Waals surface area contributed by atoms with Gasteiger partial charge in [0.15, 0.2) is 0 Å². The molecule has 0 aliphatic rings. The minimum atomic E-state index is 0.365. The van der Waals surface area contributed by atoms with Crippen LogP contribution in [0.1, 0.15) is 13.3 Å². The third-order valence-electron chi connectivity index (χ3n) is 2.59. The van der Waals surface area contributed by atoms with Gasteiger partial charge in [0.2, 0.25) is 0 Å². The van der Waals surface area contributed by atoms with Gasteiger partial charge >= 0.3 is 0 Å². The lowest BCUT2D eigenvalue weighted by molar-refractivity contribution is 0.319. The molecule has 4 nitrogen and oxygen atoms in total. The number of rotatable bonds is 6. The summed E-state index contributed by atoms with van der Waals surface area (Å²) in [5.74, 6) is 0.641. The fraction of sp³-hybridized carbons (Fsp3) is 0.200. The maximum Gasteiger partial charge on any atom is 0.145 e. The van der Waals surface area contributed by atoms with Crippen LogP contribution < -0.4 is 10.1 Å². The van der Waals surface area contributed by atoms with Crippen molar-refractivity contribution < 1.29 is 4.74 Å². The topological polar surface area (TPSA) is 50.7 Å². The minimum absolute atomic E-state index is 0.365. The summed E-state index contributed by atoms with van der Waals surface area (Å²) in [7, 11) is 0. The molecule has 4 heteroatoms. The number of hydrogen-bond acceptors (Lipinski definition) is 4. The van der Waals surface area contributed by atoms with Gasteiger partial charge in [-0.3, -0.25) is 0 Å². The summed E-state index contributed by atoms with van der Waals surface area (Å²) in [4.78, 5) is 10.6. The van der Waals surface area contributed by atoms with Crippen molar-refractivity contribution in [3.63, 3.8) is 0 Å². The maximum absolute atomic E-state index is 10.6. The lowest BCUT2D eigenvalue weighted by atomic mass is 10.2. The van der Waals surface area contributed by atoms with Crippen molar-refractivity contribution in [2.45, 2.75) is 13.3 Å². The van der Waals surface area contributed by atoms with Gasteiger partial charge < -0.3 is 10.1 Å². The van der Waals surface area contributed by atoms with Crippen LogP contribution in [0.5, 0.6) is 5.75 Å². The second kappa shape index (κ2) is 6.54. The number of ether oxygens (including phenoxy) is 1. The Balaban J connectivity index is 2.25. The van der Waals surface area contributed by atoms with Crippen LogP contribution in [0.3, 0.4) is 0 Å². The number of anilines is 2. The van der Waals surface area contributed by atoms with E-state index in [1.165, 1.54) is 0 Å². The predicted molar refractivity (Wildman–Crippen MR) is 77.4 cm³/mol. The van der Waals surface area contributed by atoms with Crippen molar-refractivity contribution >= 4 is 17.1 Å². The Bertz CT molecular complexity index is 541. The van der Waals surface area contributed by atoms with Crippen LogP contribution in [0.25, 0.3) is 0 Å². The molecule has 0 fully saturated rings. The third-order valence-corrected chi connectivity index (χ3v) is 2.59. The van der Waals surface area contributed by atoms with Crippen LogP contribution >= 0.6 is 0 Å². The molecule has 0 saturated carbocycles. The van der Waals surface area contributed by atoms with Gasteiger partial charge in [0, 0.05) is 11.8 Å². The van der Waals surface area contributed by atoms with E-state index in [1.807, 2.05) is 37.3 Å². The lowest BCUT2D eigenvalue weighted by Gasteiger charge is -2.13. The SMILES string of the molecule is CCCOc1cc(N=O)ccc1Nc1ccccc1. The van der Waals surface area contributed by atoms with Gasteiger partial charge in [0.1, 0.15) is 11.4 Å². The molecule has 0 bridgehead atoms. The Hall–Kier alpha value is -2.36. The molecule has 0 aromatic heterocycles. The first-order valence-electron chi connectivity index (χ1n) is 6.25. The van der Waals surface area contributed by atoms with Gasteiger partial charge in [-0.2, -0.15) is 0 Å². The fourth-order valence-electron chi connectivity index (χ4n) is 1.68. The van der Waals surface area contributed by atoms with Gasteiger partial charge in [-0.25, -0.2) is 0 Å². The smallest absolute Gasteiger partial charge is 0.145 e. The molecule has 0 atom stereocenters. The Morgan fingerprint density at radius 2 is 1.95 bits per heavy atom. The number of nitrogens with zero attached hydrogens (tertiary/aromatic N) is 1. The van der Waals surface area contributed by atoms with Crippen LogP contribution in [0.4, 0.5) is 17.1 Å². The Morgan fingerprint density at radius 3 is 2.63 bits per heavy atom. The molecule has 0 amide bonds. The quantitative estimate of drug-likeness (QED) is 0.767. The van der Waals surface area contributed by atoms with Gasteiger partial charge in [0.05, 0.1) is 12.3 Å². The van der Waals surface area contributed by atoms with Crippen LogP contribution in [-0.4, -0.2) is 6.61 Å². The first kappa shape index (κ1) is 13.1. The molecule has 1 N–H and O–H groups in total. The molecular weight excluding hydrogens is 240 g/mol. The van der Waals surface area contributed by atoms with E-state index >= 15 is 0 Å². The molecule has 98 valence electrons. The first-order chi connectivity index (χ1) is 9.33. The van der Waals surface area contributed by atoms with Crippen LogP contribution in [0, 0.1) is 4.91 Å². The van der Waals surface area contributed by atoms with Crippen molar-refractivity contribution in [2.24, 2.45) is 5.18 Å². The summed E-state index contributed by atoms with van der Waals surface area (Å²) in [6.07, 6.45) is 0.906. The molecular formula is C15H16N2O2. The summed E-state index contributed by atoms with van der Waals surface area (Å²) < 4.78 is 5.64. The number of nitrogens with one attached hydrogen (secondary N) is 1. The molecule has 0 unspecified atom stereocenters. The summed E-state index contributed by atoms with van der Waals surface area (Å²) in [6, 6.07) is 14.9.